The van der Waals surface area contributed by atoms with E-state index >= 15 is 0 Å². The van der Waals surface area contributed by atoms with E-state index in [1.165, 1.54) is 5.56 Å². The number of pyridine rings is 1. The van der Waals surface area contributed by atoms with Crippen molar-refractivity contribution in [2.45, 2.75) is 12.8 Å². The van der Waals surface area contributed by atoms with Crippen LogP contribution in [0, 0.1) is 0 Å². The van der Waals surface area contributed by atoms with Gasteiger partial charge in [-0.3, -0.25) is 9.78 Å². The fraction of sp³-hybridized carbons (Fsp3) is 0.158. The quantitative estimate of drug-likeness (QED) is 0.785. The zero-order chi connectivity index (χ0) is 16.1. The SMILES string of the molecule is C[C@H](CNC(=O)c1cccn1-c1cccnc1)c1ccccc1. The molecule has 3 rings (SSSR count). The van der Waals surface area contributed by atoms with Crippen molar-refractivity contribution in [1.82, 2.24) is 14.9 Å². The Morgan fingerprint density at radius 3 is 2.70 bits per heavy atom. The van der Waals surface area contributed by atoms with Crippen LogP contribution in [0.5, 0.6) is 0 Å². The third kappa shape index (κ3) is 3.48. The maximum Gasteiger partial charge on any atom is 0.268 e. The van der Waals surface area contributed by atoms with E-state index in [1.807, 2.05) is 53.2 Å². The second kappa shape index (κ2) is 6.92. The molecule has 0 aliphatic rings. The van der Waals surface area contributed by atoms with Crippen LogP contribution in [0.1, 0.15) is 28.9 Å². The van der Waals surface area contributed by atoms with Gasteiger partial charge in [0.15, 0.2) is 0 Å². The lowest BCUT2D eigenvalue weighted by molar-refractivity contribution is 0.0945. The molecule has 0 bridgehead atoms. The molecule has 3 aromatic rings. The summed E-state index contributed by atoms with van der Waals surface area (Å²) in [5, 5.41) is 3.01. The van der Waals surface area contributed by atoms with Gasteiger partial charge >= 0.3 is 0 Å². The first-order valence-electron chi connectivity index (χ1n) is 7.66. The number of carbonyl (C=O) groups is 1. The highest BCUT2D eigenvalue weighted by Crippen LogP contribution is 2.14. The first kappa shape index (κ1) is 15.0. The number of benzene rings is 1. The van der Waals surface area contributed by atoms with E-state index in [4.69, 9.17) is 0 Å². The summed E-state index contributed by atoms with van der Waals surface area (Å²) in [4.78, 5) is 16.6. The second-order valence-corrected chi connectivity index (χ2v) is 5.50. The summed E-state index contributed by atoms with van der Waals surface area (Å²) in [5.74, 6) is 0.184. The van der Waals surface area contributed by atoms with Gasteiger partial charge in [-0.25, -0.2) is 0 Å². The third-order valence-corrected chi connectivity index (χ3v) is 3.84. The summed E-state index contributed by atoms with van der Waals surface area (Å²) < 4.78 is 1.84. The number of hydrogen-bond donors (Lipinski definition) is 1. The molecule has 1 N–H and O–H groups in total. The van der Waals surface area contributed by atoms with Crippen LogP contribution >= 0.6 is 0 Å². The zero-order valence-corrected chi connectivity index (χ0v) is 13.0. The van der Waals surface area contributed by atoms with E-state index in [1.54, 1.807) is 12.4 Å². The van der Waals surface area contributed by atoms with Crippen molar-refractivity contribution in [2.24, 2.45) is 0 Å². The van der Waals surface area contributed by atoms with E-state index in [0.29, 0.717) is 12.2 Å². The predicted octanol–water partition coefficient (Wildman–Crippen LogP) is 3.41. The van der Waals surface area contributed by atoms with Crippen LogP contribution in [0.3, 0.4) is 0 Å². The van der Waals surface area contributed by atoms with Crippen molar-refractivity contribution in [1.29, 1.82) is 0 Å². The molecule has 2 aromatic heterocycles. The normalized spacial score (nSPS) is 11.9. The molecule has 23 heavy (non-hydrogen) atoms. The van der Waals surface area contributed by atoms with Gasteiger partial charge in [0.05, 0.1) is 11.9 Å². The first-order chi connectivity index (χ1) is 11.3. The van der Waals surface area contributed by atoms with Gasteiger partial charge in [-0.2, -0.15) is 0 Å². The molecule has 0 aliphatic heterocycles. The van der Waals surface area contributed by atoms with Gasteiger partial charge in [0.2, 0.25) is 0 Å². The van der Waals surface area contributed by atoms with Crippen LogP contribution < -0.4 is 5.32 Å². The number of amides is 1. The van der Waals surface area contributed by atoms with Crippen LogP contribution in [0.4, 0.5) is 0 Å². The maximum absolute atomic E-state index is 12.5. The van der Waals surface area contributed by atoms with Crippen LogP contribution in [0.25, 0.3) is 5.69 Å². The maximum atomic E-state index is 12.5. The lowest BCUT2D eigenvalue weighted by Gasteiger charge is -2.14. The van der Waals surface area contributed by atoms with Gasteiger partial charge in [-0.05, 0) is 35.7 Å². The van der Waals surface area contributed by atoms with Gasteiger partial charge in [0, 0.05) is 18.9 Å². The molecule has 1 aromatic carbocycles. The molecule has 0 unspecified atom stereocenters. The zero-order valence-electron chi connectivity index (χ0n) is 13.0. The van der Waals surface area contributed by atoms with Gasteiger partial charge in [-0.15, -0.1) is 0 Å². The Hall–Kier alpha value is -2.88. The van der Waals surface area contributed by atoms with Crippen molar-refractivity contribution in [2.75, 3.05) is 6.54 Å². The summed E-state index contributed by atoms with van der Waals surface area (Å²) in [5.41, 5.74) is 2.70. The number of nitrogens with one attached hydrogen (secondary N) is 1. The lowest BCUT2D eigenvalue weighted by atomic mass is 10.0. The Morgan fingerprint density at radius 2 is 1.96 bits per heavy atom. The Balaban J connectivity index is 1.69. The van der Waals surface area contributed by atoms with Crippen LogP contribution in [-0.2, 0) is 0 Å². The van der Waals surface area contributed by atoms with Crippen molar-refractivity contribution in [3.63, 3.8) is 0 Å². The van der Waals surface area contributed by atoms with Gasteiger partial charge in [-0.1, -0.05) is 37.3 Å². The highest BCUT2D eigenvalue weighted by Gasteiger charge is 2.13. The average molecular weight is 305 g/mol. The van der Waals surface area contributed by atoms with Gasteiger partial charge in [0.25, 0.3) is 5.91 Å². The number of nitrogens with zero attached hydrogens (tertiary/aromatic N) is 2. The number of aromatic nitrogens is 2. The molecule has 0 aliphatic carbocycles. The molecule has 4 heteroatoms. The molecule has 1 atom stereocenters. The Labute approximate surface area is 135 Å². The molecule has 1 amide bonds. The molecule has 0 radical (unpaired) electrons. The van der Waals surface area contributed by atoms with Crippen molar-refractivity contribution >= 4 is 5.91 Å². The molecule has 0 saturated carbocycles. The van der Waals surface area contributed by atoms with E-state index in [9.17, 15) is 4.79 Å². The Bertz CT molecular complexity index is 766. The number of hydrogen-bond acceptors (Lipinski definition) is 2. The monoisotopic (exact) mass is 305 g/mol. The molecule has 116 valence electrons. The first-order valence-corrected chi connectivity index (χ1v) is 7.66. The minimum absolute atomic E-state index is 0.0818. The van der Waals surface area contributed by atoms with Crippen molar-refractivity contribution < 1.29 is 4.79 Å². The fourth-order valence-corrected chi connectivity index (χ4v) is 2.52. The smallest absolute Gasteiger partial charge is 0.268 e. The van der Waals surface area contributed by atoms with Crippen LogP contribution in [0.15, 0.2) is 73.2 Å². The van der Waals surface area contributed by atoms with Crippen LogP contribution in [0.2, 0.25) is 0 Å². The largest absolute Gasteiger partial charge is 0.350 e. The van der Waals surface area contributed by atoms with E-state index < -0.39 is 0 Å². The summed E-state index contributed by atoms with van der Waals surface area (Å²) >= 11 is 0. The minimum Gasteiger partial charge on any atom is -0.350 e. The summed E-state index contributed by atoms with van der Waals surface area (Å²) in [7, 11) is 0. The highest BCUT2D eigenvalue weighted by molar-refractivity contribution is 5.93. The Kier molecular flexibility index (Phi) is 4.52. The molecule has 2 heterocycles. The van der Waals surface area contributed by atoms with Gasteiger partial charge < -0.3 is 9.88 Å². The number of rotatable bonds is 5. The van der Waals surface area contributed by atoms with Crippen LogP contribution in [-0.4, -0.2) is 22.0 Å². The summed E-state index contributed by atoms with van der Waals surface area (Å²) in [6.45, 7) is 2.71. The minimum atomic E-state index is -0.0818. The van der Waals surface area contributed by atoms with Crippen molar-refractivity contribution in [3.05, 3.63) is 84.4 Å². The second-order valence-electron chi connectivity index (χ2n) is 5.50. The Morgan fingerprint density at radius 1 is 1.13 bits per heavy atom. The third-order valence-electron chi connectivity index (χ3n) is 3.84. The molecule has 4 nitrogen and oxygen atoms in total. The topological polar surface area (TPSA) is 46.9 Å². The molecular formula is C19H19N3O. The summed E-state index contributed by atoms with van der Waals surface area (Å²) in [6.07, 6.45) is 5.32. The summed E-state index contributed by atoms with van der Waals surface area (Å²) in [6, 6.07) is 17.6. The van der Waals surface area contributed by atoms with Gasteiger partial charge in [0.1, 0.15) is 5.69 Å². The standard InChI is InChI=1S/C19H19N3O/c1-15(16-7-3-2-4-8-16)13-21-19(23)18-10-6-12-22(18)17-9-5-11-20-14-17/h2-12,14-15H,13H2,1H3,(H,21,23)/t15-/m1/s1. The van der Waals surface area contributed by atoms with Crippen molar-refractivity contribution in [3.8, 4) is 5.69 Å². The van der Waals surface area contributed by atoms with E-state index in [-0.39, 0.29) is 11.8 Å². The van der Waals surface area contributed by atoms with E-state index in [0.717, 1.165) is 5.69 Å². The molecule has 0 spiro atoms. The van der Waals surface area contributed by atoms with E-state index in [2.05, 4.69) is 29.4 Å². The predicted molar refractivity (Wildman–Crippen MR) is 90.8 cm³/mol. The molecule has 0 saturated heterocycles. The lowest BCUT2D eigenvalue weighted by Crippen LogP contribution is -2.29. The molecule has 0 fully saturated rings. The average Bonchev–Trinajstić information content (AvgIpc) is 3.11. The number of carbonyl (C=O) groups excluding carboxylic acids is 1. The highest BCUT2D eigenvalue weighted by atomic mass is 16.1. The molecular weight excluding hydrogens is 286 g/mol. The fourth-order valence-electron chi connectivity index (χ4n) is 2.52.